The van der Waals surface area contributed by atoms with Crippen LogP contribution in [0.3, 0.4) is 0 Å². The van der Waals surface area contributed by atoms with Crippen molar-refractivity contribution in [3.05, 3.63) is 68.2 Å². The van der Waals surface area contributed by atoms with Crippen molar-refractivity contribution in [1.82, 2.24) is 0 Å². The Kier molecular flexibility index (Phi) is 4.57. The van der Waals surface area contributed by atoms with Gasteiger partial charge in [-0.15, -0.1) is 0 Å². The Balaban J connectivity index is 2.65. The van der Waals surface area contributed by atoms with Gasteiger partial charge in [-0.2, -0.15) is 0 Å². The van der Waals surface area contributed by atoms with E-state index in [-0.39, 0.29) is 5.56 Å². The van der Waals surface area contributed by atoms with Gasteiger partial charge < -0.3 is 10.2 Å². The lowest BCUT2D eigenvalue weighted by Crippen LogP contribution is -2.12. The van der Waals surface area contributed by atoms with Gasteiger partial charge in [0.2, 0.25) is 0 Å². The van der Waals surface area contributed by atoms with Gasteiger partial charge in [0, 0.05) is 21.2 Å². The first kappa shape index (κ1) is 15.8. The number of carbonyl (C=O) groups is 1. The standard InChI is InChI=1S/C16H14Cl2O3/c1-8-3-4-9(2)14(16(20)21)13(8)15(19)11-6-5-10(17)7-12(11)18/h3-7,15,19H,1-2H3,(H,20,21). The molecule has 2 aromatic rings. The molecule has 2 aromatic carbocycles. The van der Waals surface area contributed by atoms with E-state index in [0.717, 1.165) is 0 Å². The van der Waals surface area contributed by atoms with Gasteiger partial charge in [0.25, 0.3) is 0 Å². The molecule has 110 valence electrons. The van der Waals surface area contributed by atoms with Crippen LogP contribution in [0.15, 0.2) is 30.3 Å². The summed E-state index contributed by atoms with van der Waals surface area (Å²) in [6.07, 6.45) is -1.12. The second-order valence-electron chi connectivity index (χ2n) is 4.86. The molecule has 0 fully saturated rings. The monoisotopic (exact) mass is 324 g/mol. The summed E-state index contributed by atoms with van der Waals surface area (Å²) in [5, 5.41) is 20.8. The average Bonchev–Trinajstić information content (AvgIpc) is 2.40. The van der Waals surface area contributed by atoms with Gasteiger partial charge in [-0.1, -0.05) is 41.4 Å². The molecule has 0 aliphatic carbocycles. The van der Waals surface area contributed by atoms with Crippen LogP contribution in [0.1, 0.15) is 38.7 Å². The van der Waals surface area contributed by atoms with Crippen molar-refractivity contribution in [1.29, 1.82) is 0 Å². The largest absolute Gasteiger partial charge is 0.478 e. The van der Waals surface area contributed by atoms with Crippen molar-refractivity contribution in [2.24, 2.45) is 0 Å². The van der Waals surface area contributed by atoms with E-state index in [1.54, 1.807) is 38.1 Å². The molecule has 1 unspecified atom stereocenters. The molecule has 0 aliphatic heterocycles. The van der Waals surface area contributed by atoms with Crippen molar-refractivity contribution in [3.8, 4) is 0 Å². The van der Waals surface area contributed by atoms with Crippen LogP contribution < -0.4 is 0 Å². The van der Waals surface area contributed by atoms with Crippen molar-refractivity contribution in [2.75, 3.05) is 0 Å². The van der Waals surface area contributed by atoms with Crippen molar-refractivity contribution < 1.29 is 15.0 Å². The molecule has 2 N–H and O–H groups in total. The first-order chi connectivity index (χ1) is 9.82. The highest BCUT2D eigenvalue weighted by Gasteiger charge is 2.24. The lowest BCUT2D eigenvalue weighted by molar-refractivity contribution is 0.0690. The fourth-order valence-electron chi connectivity index (χ4n) is 2.35. The third-order valence-corrected chi connectivity index (χ3v) is 3.98. The van der Waals surface area contributed by atoms with Crippen LogP contribution in [0, 0.1) is 13.8 Å². The molecule has 0 amide bonds. The third-order valence-electron chi connectivity index (χ3n) is 3.42. The molecule has 3 nitrogen and oxygen atoms in total. The molecule has 5 heteroatoms. The van der Waals surface area contributed by atoms with Crippen LogP contribution in [0.5, 0.6) is 0 Å². The number of aliphatic hydroxyl groups is 1. The summed E-state index contributed by atoms with van der Waals surface area (Å²) >= 11 is 12.0. The summed E-state index contributed by atoms with van der Waals surface area (Å²) < 4.78 is 0. The van der Waals surface area contributed by atoms with Gasteiger partial charge in [0.15, 0.2) is 0 Å². The number of hydrogen-bond acceptors (Lipinski definition) is 2. The van der Waals surface area contributed by atoms with E-state index in [4.69, 9.17) is 23.2 Å². The normalized spacial score (nSPS) is 12.2. The Hall–Kier alpha value is -1.55. The van der Waals surface area contributed by atoms with E-state index in [0.29, 0.717) is 32.3 Å². The number of aromatic carboxylic acids is 1. The number of aliphatic hydroxyl groups excluding tert-OH is 1. The quantitative estimate of drug-likeness (QED) is 0.880. The van der Waals surface area contributed by atoms with E-state index in [1.807, 2.05) is 0 Å². The molecule has 2 rings (SSSR count). The van der Waals surface area contributed by atoms with Gasteiger partial charge >= 0.3 is 5.97 Å². The number of carboxylic acids is 1. The minimum absolute atomic E-state index is 0.105. The van der Waals surface area contributed by atoms with Crippen molar-refractivity contribution in [2.45, 2.75) is 20.0 Å². The number of carboxylic acid groups (broad SMARTS) is 1. The predicted octanol–water partition coefficient (Wildman–Crippen LogP) is 4.39. The van der Waals surface area contributed by atoms with Gasteiger partial charge in [-0.3, -0.25) is 0 Å². The Morgan fingerprint density at radius 1 is 1.10 bits per heavy atom. The predicted molar refractivity (Wildman–Crippen MR) is 83.4 cm³/mol. The highest BCUT2D eigenvalue weighted by atomic mass is 35.5. The van der Waals surface area contributed by atoms with E-state index in [9.17, 15) is 15.0 Å². The Morgan fingerprint density at radius 3 is 2.29 bits per heavy atom. The van der Waals surface area contributed by atoms with Crippen molar-refractivity contribution in [3.63, 3.8) is 0 Å². The maximum atomic E-state index is 11.5. The van der Waals surface area contributed by atoms with Gasteiger partial charge in [0.1, 0.15) is 6.10 Å². The Bertz CT molecular complexity index is 711. The summed E-state index contributed by atoms with van der Waals surface area (Å²) in [5.74, 6) is -1.07. The maximum Gasteiger partial charge on any atom is 0.336 e. The van der Waals surface area contributed by atoms with Crippen LogP contribution >= 0.6 is 23.2 Å². The second-order valence-corrected chi connectivity index (χ2v) is 5.71. The van der Waals surface area contributed by atoms with E-state index < -0.39 is 12.1 Å². The smallest absolute Gasteiger partial charge is 0.336 e. The third kappa shape index (κ3) is 3.05. The van der Waals surface area contributed by atoms with Crippen LogP contribution in [-0.2, 0) is 0 Å². The molecule has 21 heavy (non-hydrogen) atoms. The minimum atomic E-state index is -1.12. The molecular formula is C16H14Cl2O3. The molecule has 0 saturated heterocycles. The fraction of sp³-hybridized carbons (Fsp3) is 0.188. The fourth-order valence-corrected chi connectivity index (χ4v) is 2.86. The Morgan fingerprint density at radius 2 is 1.71 bits per heavy atom. The second kappa shape index (κ2) is 6.06. The molecule has 0 bridgehead atoms. The molecule has 0 aromatic heterocycles. The molecule has 0 radical (unpaired) electrons. The summed E-state index contributed by atoms with van der Waals surface area (Å²) in [6.45, 7) is 3.46. The SMILES string of the molecule is Cc1ccc(C)c(C(O)c2ccc(Cl)cc2Cl)c1C(=O)O. The molecule has 1 atom stereocenters. The molecule has 0 spiro atoms. The van der Waals surface area contributed by atoms with Gasteiger partial charge in [0.05, 0.1) is 5.56 Å². The van der Waals surface area contributed by atoms with Crippen molar-refractivity contribution >= 4 is 29.2 Å². The van der Waals surface area contributed by atoms with Gasteiger partial charge in [-0.05, 0) is 37.1 Å². The molecule has 0 aliphatic rings. The number of halogens is 2. The van der Waals surface area contributed by atoms with E-state index in [2.05, 4.69) is 0 Å². The zero-order valence-electron chi connectivity index (χ0n) is 11.5. The first-order valence-corrected chi connectivity index (χ1v) is 7.05. The molecular weight excluding hydrogens is 311 g/mol. The summed E-state index contributed by atoms with van der Waals surface area (Å²) in [4.78, 5) is 11.5. The van der Waals surface area contributed by atoms with Gasteiger partial charge in [-0.25, -0.2) is 4.79 Å². The lowest BCUT2D eigenvalue weighted by Gasteiger charge is -2.19. The van der Waals surface area contributed by atoms with Crippen LogP contribution in [0.2, 0.25) is 10.0 Å². The minimum Gasteiger partial charge on any atom is -0.478 e. The lowest BCUT2D eigenvalue weighted by atomic mass is 9.90. The topological polar surface area (TPSA) is 57.5 Å². The van der Waals surface area contributed by atoms with Crippen LogP contribution in [0.25, 0.3) is 0 Å². The van der Waals surface area contributed by atoms with E-state index >= 15 is 0 Å². The number of aryl methyl sites for hydroxylation is 2. The van der Waals surface area contributed by atoms with E-state index in [1.165, 1.54) is 6.07 Å². The summed E-state index contributed by atoms with van der Waals surface area (Å²) in [7, 11) is 0. The highest BCUT2D eigenvalue weighted by molar-refractivity contribution is 6.35. The summed E-state index contributed by atoms with van der Waals surface area (Å²) in [5.41, 5.74) is 2.17. The maximum absolute atomic E-state index is 11.5. The molecule has 0 heterocycles. The highest BCUT2D eigenvalue weighted by Crippen LogP contribution is 2.34. The van der Waals surface area contributed by atoms with Crippen LogP contribution in [0.4, 0.5) is 0 Å². The number of benzene rings is 2. The average molecular weight is 325 g/mol. The number of hydrogen-bond donors (Lipinski definition) is 2. The zero-order chi connectivity index (χ0) is 15.7. The van der Waals surface area contributed by atoms with Crippen LogP contribution in [-0.4, -0.2) is 16.2 Å². The number of rotatable bonds is 3. The first-order valence-electron chi connectivity index (χ1n) is 6.29. The molecule has 0 saturated carbocycles. The Labute approximate surface area is 132 Å². The summed E-state index contributed by atoms with van der Waals surface area (Å²) in [6, 6.07) is 8.23. The zero-order valence-corrected chi connectivity index (χ0v) is 13.0.